The molecule has 1 aliphatic rings. The van der Waals surface area contributed by atoms with Crippen LogP contribution in [-0.4, -0.2) is 56.9 Å². The molecule has 1 amide bonds. The van der Waals surface area contributed by atoms with E-state index in [4.69, 9.17) is 33.2 Å². The van der Waals surface area contributed by atoms with Crippen LogP contribution in [0.3, 0.4) is 0 Å². The van der Waals surface area contributed by atoms with Gasteiger partial charge in [-0.1, -0.05) is 47.5 Å². The lowest BCUT2D eigenvalue weighted by atomic mass is 10.0. The number of benzene rings is 1. The summed E-state index contributed by atoms with van der Waals surface area (Å²) in [5, 5.41) is 1.06. The Labute approximate surface area is 213 Å². The van der Waals surface area contributed by atoms with Gasteiger partial charge in [0.25, 0.3) is 5.91 Å². The third-order valence-corrected chi connectivity index (χ3v) is 6.65. The number of pyridine rings is 2. The molecule has 1 saturated heterocycles. The zero-order valence-corrected chi connectivity index (χ0v) is 20.5. The van der Waals surface area contributed by atoms with Gasteiger partial charge in [-0.3, -0.25) is 19.7 Å². The molecule has 0 N–H and O–H groups in total. The van der Waals surface area contributed by atoms with Crippen LogP contribution in [0.2, 0.25) is 10.0 Å². The molecule has 7 nitrogen and oxygen atoms in total. The maximum atomic E-state index is 13.0. The Bertz CT molecular complexity index is 1390. The Kier molecular flexibility index (Phi) is 6.61. The van der Waals surface area contributed by atoms with E-state index in [0.29, 0.717) is 59.1 Å². The molecule has 0 saturated carbocycles. The van der Waals surface area contributed by atoms with Gasteiger partial charge in [-0.25, -0.2) is 4.98 Å². The number of aromatic nitrogens is 4. The highest BCUT2D eigenvalue weighted by atomic mass is 35.5. The van der Waals surface area contributed by atoms with Crippen molar-refractivity contribution in [1.82, 2.24) is 24.8 Å². The van der Waals surface area contributed by atoms with Gasteiger partial charge in [-0.05, 0) is 30.7 Å². The van der Waals surface area contributed by atoms with Crippen molar-refractivity contribution in [3.8, 4) is 22.5 Å². The number of amides is 1. The van der Waals surface area contributed by atoms with Gasteiger partial charge in [0.15, 0.2) is 0 Å². The fourth-order valence-electron chi connectivity index (χ4n) is 4.14. The van der Waals surface area contributed by atoms with Gasteiger partial charge >= 0.3 is 0 Å². The first kappa shape index (κ1) is 23.2. The highest BCUT2D eigenvalue weighted by molar-refractivity contribution is 6.34. The highest BCUT2D eigenvalue weighted by Crippen LogP contribution is 2.37. The Hall–Kier alpha value is -3.55. The lowest BCUT2D eigenvalue weighted by Crippen LogP contribution is -2.49. The lowest BCUT2D eigenvalue weighted by Gasteiger charge is -2.35. The van der Waals surface area contributed by atoms with E-state index < -0.39 is 0 Å². The quantitative estimate of drug-likeness (QED) is 0.381. The number of rotatable bonds is 4. The monoisotopic (exact) mass is 504 g/mol. The normalized spacial score (nSPS) is 13.7. The molecule has 0 spiro atoms. The van der Waals surface area contributed by atoms with Crippen LogP contribution >= 0.6 is 23.2 Å². The minimum Gasteiger partial charge on any atom is -0.352 e. The number of hydrogen-bond donors (Lipinski definition) is 0. The first-order chi connectivity index (χ1) is 17.0. The third kappa shape index (κ3) is 4.70. The van der Waals surface area contributed by atoms with Crippen molar-refractivity contribution in [2.45, 2.75) is 6.92 Å². The molecule has 3 aromatic heterocycles. The van der Waals surface area contributed by atoms with Crippen molar-refractivity contribution in [3.05, 3.63) is 88.6 Å². The summed E-state index contributed by atoms with van der Waals surface area (Å²) >= 11 is 13.0. The number of nitrogens with zero attached hydrogens (tertiary/aromatic N) is 6. The topological polar surface area (TPSA) is 75.1 Å². The number of carbonyl (C=O) groups excluding carboxylic acids is 1. The largest absolute Gasteiger partial charge is 0.352 e. The van der Waals surface area contributed by atoms with Gasteiger partial charge < -0.3 is 9.80 Å². The second-order valence-electron chi connectivity index (χ2n) is 8.21. The maximum absolute atomic E-state index is 13.0. The average molecular weight is 505 g/mol. The van der Waals surface area contributed by atoms with Crippen molar-refractivity contribution in [1.29, 1.82) is 0 Å². The molecular formula is C26H22Cl2N6O. The summed E-state index contributed by atoms with van der Waals surface area (Å²) in [6.07, 6.45) is 6.66. The molecule has 5 rings (SSSR count). The average Bonchev–Trinajstić information content (AvgIpc) is 2.89. The molecule has 0 unspecified atom stereocenters. The van der Waals surface area contributed by atoms with Gasteiger partial charge in [-0.2, -0.15) is 0 Å². The molecule has 9 heteroatoms. The van der Waals surface area contributed by atoms with E-state index in [9.17, 15) is 4.79 Å². The van der Waals surface area contributed by atoms with Crippen LogP contribution in [0.5, 0.6) is 0 Å². The molecule has 0 radical (unpaired) electrons. The van der Waals surface area contributed by atoms with Crippen LogP contribution in [0.25, 0.3) is 22.5 Å². The molecule has 4 aromatic rings. The second kappa shape index (κ2) is 9.98. The molecular weight excluding hydrogens is 483 g/mol. The van der Waals surface area contributed by atoms with Gasteiger partial charge in [0.2, 0.25) is 0 Å². The summed E-state index contributed by atoms with van der Waals surface area (Å²) in [5.74, 6) is 0.664. The SMILES string of the molecule is Cc1cccnc1C(=O)N1CCN(c2cnc(-c3ccccc3Cl)c(-c3ccncc3Cl)n2)CC1. The number of carbonyl (C=O) groups is 1. The van der Waals surface area contributed by atoms with E-state index in [-0.39, 0.29) is 5.91 Å². The van der Waals surface area contributed by atoms with Crippen LogP contribution in [0.4, 0.5) is 5.82 Å². The predicted octanol–water partition coefficient (Wildman–Crippen LogP) is 5.18. The summed E-state index contributed by atoms with van der Waals surface area (Å²) in [4.78, 5) is 35.0. The number of hydrogen-bond acceptors (Lipinski definition) is 6. The molecule has 176 valence electrons. The summed E-state index contributed by atoms with van der Waals surface area (Å²) in [6.45, 7) is 4.28. The molecule has 0 bridgehead atoms. The van der Waals surface area contributed by atoms with Crippen LogP contribution in [-0.2, 0) is 0 Å². The minimum atomic E-state index is -0.0489. The maximum Gasteiger partial charge on any atom is 0.272 e. The molecule has 35 heavy (non-hydrogen) atoms. The lowest BCUT2D eigenvalue weighted by molar-refractivity contribution is 0.0740. The fourth-order valence-corrected chi connectivity index (χ4v) is 4.57. The van der Waals surface area contributed by atoms with Crippen LogP contribution in [0.1, 0.15) is 16.1 Å². The second-order valence-corrected chi connectivity index (χ2v) is 9.02. The van der Waals surface area contributed by atoms with Gasteiger partial charge in [0, 0.05) is 55.9 Å². The molecule has 0 aliphatic carbocycles. The van der Waals surface area contributed by atoms with Gasteiger partial charge in [-0.15, -0.1) is 0 Å². The number of anilines is 1. The summed E-state index contributed by atoms with van der Waals surface area (Å²) < 4.78 is 0. The number of aryl methyl sites for hydroxylation is 1. The number of halogens is 2. The molecule has 0 atom stereocenters. The van der Waals surface area contributed by atoms with E-state index in [2.05, 4.69) is 14.9 Å². The Morgan fingerprint density at radius 3 is 2.34 bits per heavy atom. The summed E-state index contributed by atoms with van der Waals surface area (Å²) in [6, 6.07) is 13.1. The van der Waals surface area contributed by atoms with Crippen molar-refractivity contribution >= 4 is 34.9 Å². The van der Waals surface area contributed by atoms with E-state index in [1.807, 2.05) is 54.3 Å². The molecule has 1 aliphatic heterocycles. The van der Waals surface area contributed by atoms with Crippen LogP contribution in [0.15, 0.2) is 67.3 Å². The van der Waals surface area contributed by atoms with Crippen molar-refractivity contribution in [2.24, 2.45) is 0 Å². The van der Waals surface area contributed by atoms with Crippen molar-refractivity contribution in [2.75, 3.05) is 31.1 Å². The summed E-state index contributed by atoms with van der Waals surface area (Å²) in [5.41, 5.74) is 4.15. The van der Waals surface area contributed by atoms with Crippen LogP contribution < -0.4 is 4.90 Å². The predicted molar refractivity (Wildman–Crippen MR) is 138 cm³/mol. The van der Waals surface area contributed by atoms with Gasteiger partial charge in [0.05, 0.1) is 21.9 Å². The van der Waals surface area contributed by atoms with Crippen LogP contribution in [0, 0.1) is 6.92 Å². The zero-order chi connectivity index (χ0) is 24.4. The summed E-state index contributed by atoms with van der Waals surface area (Å²) in [7, 11) is 0. The standard InChI is InChI=1S/C26H22Cl2N6O/c1-17-5-4-9-30-23(17)26(35)34-13-11-33(12-14-34)22-16-31-24(18-6-2-3-7-20(18)27)25(32-22)19-8-10-29-15-21(19)28/h2-10,15-16H,11-14H2,1H3. The first-order valence-electron chi connectivity index (χ1n) is 11.2. The molecule has 4 heterocycles. The smallest absolute Gasteiger partial charge is 0.272 e. The first-order valence-corrected chi connectivity index (χ1v) is 12.0. The molecule has 1 aromatic carbocycles. The Morgan fingerprint density at radius 2 is 1.60 bits per heavy atom. The van der Waals surface area contributed by atoms with E-state index in [0.717, 1.165) is 16.7 Å². The molecule has 1 fully saturated rings. The van der Waals surface area contributed by atoms with Crippen molar-refractivity contribution in [3.63, 3.8) is 0 Å². The zero-order valence-electron chi connectivity index (χ0n) is 19.0. The van der Waals surface area contributed by atoms with E-state index in [1.165, 1.54) is 0 Å². The third-order valence-electron chi connectivity index (χ3n) is 6.02. The number of piperazine rings is 1. The van der Waals surface area contributed by atoms with Crippen molar-refractivity contribution < 1.29 is 4.79 Å². The fraction of sp³-hybridized carbons (Fsp3) is 0.192. The Morgan fingerprint density at radius 1 is 0.829 bits per heavy atom. The Balaban J connectivity index is 1.44. The minimum absolute atomic E-state index is 0.0489. The highest BCUT2D eigenvalue weighted by Gasteiger charge is 2.26. The van der Waals surface area contributed by atoms with E-state index in [1.54, 1.807) is 24.8 Å². The van der Waals surface area contributed by atoms with E-state index >= 15 is 0 Å². The van der Waals surface area contributed by atoms with Gasteiger partial charge in [0.1, 0.15) is 17.2 Å².